The Morgan fingerprint density at radius 1 is 1.50 bits per heavy atom. The van der Waals surface area contributed by atoms with Crippen molar-refractivity contribution < 1.29 is 0 Å². The molecule has 0 saturated carbocycles. The maximum absolute atomic E-state index is 5.62. The third-order valence-corrected chi connectivity index (χ3v) is 5.17. The number of nitrogens with one attached hydrogen (secondary N) is 1. The van der Waals surface area contributed by atoms with Crippen LogP contribution in [0.5, 0.6) is 0 Å². The normalized spacial score (nSPS) is 12.9. The SMILES string of the molecule is Cc1ccc(C(Cc2cc(Br)cs2)NN)s1. The minimum atomic E-state index is 0.212. The summed E-state index contributed by atoms with van der Waals surface area (Å²) in [4.78, 5) is 3.95. The van der Waals surface area contributed by atoms with Gasteiger partial charge < -0.3 is 0 Å². The highest BCUT2D eigenvalue weighted by molar-refractivity contribution is 9.10. The van der Waals surface area contributed by atoms with Gasteiger partial charge in [0, 0.05) is 30.9 Å². The Balaban J connectivity index is 2.12. The molecule has 0 fully saturated rings. The van der Waals surface area contributed by atoms with E-state index in [9.17, 15) is 0 Å². The van der Waals surface area contributed by atoms with Crippen LogP contribution in [0, 0.1) is 6.92 Å². The number of hydrogen-bond donors (Lipinski definition) is 2. The highest BCUT2D eigenvalue weighted by Crippen LogP contribution is 2.28. The van der Waals surface area contributed by atoms with Crippen LogP contribution in [0.2, 0.25) is 0 Å². The van der Waals surface area contributed by atoms with E-state index in [0.29, 0.717) is 0 Å². The molecule has 2 nitrogen and oxygen atoms in total. The molecule has 0 aliphatic rings. The number of nitrogens with two attached hydrogens (primary N) is 1. The second-order valence-corrected chi connectivity index (χ2v) is 6.83. The number of hydrogen-bond acceptors (Lipinski definition) is 4. The lowest BCUT2D eigenvalue weighted by Crippen LogP contribution is -2.28. The van der Waals surface area contributed by atoms with Gasteiger partial charge in [-0.25, -0.2) is 0 Å². The van der Waals surface area contributed by atoms with Gasteiger partial charge in [0.1, 0.15) is 0 Å². The number of halogens is 1. The molecule has 86 valence electrons. The fourth-order valence-electron chi connectivity index (χ4n) is 1.54. The Morgan fingerprint density at radius 3 is 2.81 bits per heavy atom. The van der Waals surface area contributed by atoms with E-state index in [1.165, 1.54) is 14.6 Å². The van der Waals surface area contributed by atoms with Gasteiger partial charge in [-0.15, -0.1) is 22.7 Å². The van der Waals surface area contributed by atoms with E-state index in [-0.39, 0.29) is 6.04 Å². The van der Waals surface area contributed by atoms with Gasteiger partial charge in [0.25, 0.3) is 0 Å². The largest absolute Gasteiger partial charge is 0.271 e. The molecule has 2 aromatic rings. The zero-order chi connectivity index (χ0) is 11.5. The molecule has 0 spiro atoms. The first kappa shape index (κ1) is 12.3. The Kier molecular flexibility index (Phi) is 4.16. The smallest absolute Gasteiger partial charge is 0.0601 e. The van der Waals surface area contributed by atoms with Crippen LogP contribution in [0.15, 0.2) is 28.1 Å². The van der Waals surface area contributed by atoms with E-state index in [0.717, 1.165) is 10.9 Å². The van der Waals surface area contributed by atoms with E-state index < -0.39 is 0 Å². The monoisotopic (exact) mass is 316 g/mol. The van der Waals surface area contributed by atoms with Gasteiger partial charge in [0.15, 0.2) is 0 Å². The molecule has 0 aliphatic carbocycles. The van der Waals surface area contributed by atoms with E-state index in [1.807, 2.05) is 0 Å². The summed E-state index contributed by atoms with van der Waals surface area (Å²) in [7, 11) is 0. The van der Waals surface area contributed by atoms with E-state index in [2.05, 4.69) is 51.9 Å². The van der Waals surface area contributed by atoms with Crippen molar-refractivity contribution in [1.29, 1.82) is 0 Å². The molecule has 2 aromatic heterocycles. The van der Waals surface area contributed by atoms with Crippen molar-refractivity contribution in [2.75, 3.05) is 0 Å². The molecule has 0 amide bonds. The van der Waals surface area contributed by atoms with Gasteiger partial charge in [-0.2, -0.15) is 0 Å². The molecular weight excluding hydrogens is 304 g/mol. The summed E-state index contributed by atoms with van der Waals surface area (Å²) in [6.45, 7) is 2.11. The Morgan fingerprint density at radius 2 is 2.31 bits per heavy atom. The first-order valence-corrected chi connectivity index (χ1v) is 7.43. The van der Waals surface area contributed by atoms with Gasteiger partial charge in [0.2, 0.25) is 0 Å². The molecular formula is C11H13BrN2S2. The van der Waals surface area contributed by atoms with Crippen LogP contribution in [0.1, 0.15) is 20.7 Å². The van der Waals surface area contributed by atoms with Crippen molar-refractivity contribution in [3.8, 4) is 0 Å². The molecule has 3 N–H and O–H groups in total. The summed E-state index contributed by atoms with van der Waals surface area (Å²) in [5, 5.41) is 2.10. The van der Waals surface area contributed by atoms with Crippen molar-refractivity contribution in [2.24, 2.45) is 5.84 Å². The highest BCUT2D eigenvalue weighted by Gasteiger charge is 2.13. The van der Waals surface area contributed by atoms with E-state index >= 15 is 0 Å². The second kappa shape index (κ2) is 5.42. The minimum Gasteiger partial charge on any atom is -0.271 e. The Hall–Kier alpha value is -0.200. The van der Waals surface area contributed by atoms with Crippen molar-refractivity contribution in [3.63, 3.8) is 0 Å². The molecule has 0 aromatic carbocycles. The summed E-state index contributed by atoms with van der Waals surface area (Å²) in [6, 6.07) is 6.64. The first-order chi connectivity index (χ1) is 7.69. The second-order valence-electron chi connectivity index (χ2n) is 3.60. The van der Waals surface area contributed by atoms with Crippen LogP contribution in [-0.4, -0.2) is 0 Å². The van der Waals surface area contributed by atoms with Gasteiger partial charge in [-0.05, 0) is 41.1 Å². The fourth-order valence-corrected chi connectivity index (χ4v) is 3.98. The van der Waals surface area contributed by atoms with Gasteiger partial charge >= 0.3 is 0 Å². The summed E-state index contributed by atoms with van der Waals surface area (Å²) in [6.07, 6.45) is 0.937. The molecule has 16 heavy (non-hydrogen) atoms. The number of hydrazine groups is 1. The molecule has 5 heteroatoms. The summed E-state index contributed by atoms with van der Waals surface area (Å²) >= 11 is 7.02. The van der Waals surface area contributed by atoms with Crippen molar-refractivity contribution in [2.45, 2.75) is 19.4 Å². The fraction of sp³-hybridized carbons (Fsp3) is 0.273. The lowest BCUT2D eigenvalue weighted by atomic mass is 10.1. The van der Waals surface area contributed by atoms with Crippen LogP contribution >= 0.6 is 38.6 Å². The van der Waals surface area contributed by atoms with Crippen LogP contribution in [-0.2, 0) is 6.42 Å². The molecule has 0 saturated heterocycles. The molecule has 2 rings (SSSR count). The molecule has 0 bridgehead atoms. The zero-order valence-corrected chi connectivity index (χ0v) is 12.1. The third-order valence-electron chi connectivity index (χ3n) is 2.33. The summed E-state index contributed by atoms with van der Waals surface area (Å²) in [5.41, 5.74) is 2.89. The van der Waals surface area contributed by atoms with Gasteiger partial charge in [0.05, 0.1) is 6.04 Å². The van der Waals surface area contributed by atoms with Crippen LogP contribution < -0.4 is 11.3 Å². The Labute approximate surface area is 112 Å². The highest BCUT2D eigenvalue weighted by atomic mass is 79.9. The molecule has 0 aliphatic heterocycles. The van der Waals surface area contributed by atoms with Crippen LogP contribution in [0.3, 0.4) is 0 Å². The zero-order valence-electron chi connectivity index (χ0n) is 8.87. The van der Waals surface area contributed by atoms with E-state index in [1.54, 1.807) is 22.7 Å². The summed E-state index contributed by atoms with van der Waals surface area (Å²) in [5.74, 6) is 5.62. The maximum atomic E-state index is 5.62. The minimum absolute atomic E-state index is 0.212. The van der Waals surface area contributed by atoms with E-state index in [4.69, 9.17) is 5.84 Å². The maximum Gasteiger partial charge on any atom is 0.0601 e. The van der Waals surface area contributed by atoms with Crippen molar-refractivity contribution in [1.82, 2.24) is 5.43 Å². The number of aryl methyl sites for hydroxylation is 1. The van der Waals surface area contributed by atoms with Crippen LogP contribution in [0.4, 0.5) is 0 Å². The predicted molar refractivity (Wildman–Crippen MR) is 74.8 cm³/mol. The standard InChI is InChI=1S/C11H13BrN2S2/c1-7-2-3-11(16-7)10(14-13)5-9-4-8(12)6-15-9/h2-4,6,10,14H,5,13H2,1H3. The van der Waals surface area contributed by atoms with Gasteiger partial charge in [-0.3, -0.25) is 11.3 Å². The lowest BCUT2D eigenvalue weighted by Gasteiger charge is -2.12. The molecule has 1 atom stereocenters. The number of rotatable bonds is 4. The lowest BCUT2D eigenvalue weighted by molar-refractivity contribution is 0.564. The summed E-state index contributed by atoms with van der Waals surface area (Å²) < 4.78 is 1.14. The molecule has 0 radical (unpaired) electrons. The van der Waals surface area contributed by atoms with Crippen LogP contribution in [0.25, 0.3) is 0 Å². The Bertz CT molecular complexity index is 464. The third kappa shape index (κ3) is 2.93. The van der Waals surface area contributed by atoms with Crippen molar-refractivity contribution in [3.05, 3.63) is 42.7 Å². The molecule has 2 heterocycles. The average Bonchev–Trinajstić information content (AvgIpc) is 2.84. The molecule has 1 unspecified atom stereocenters. The first-order valence-electron chi connectivity index (χ1n) is 4.94. The van der Waals surface area contributed by atoms with Crippen molar-refractivity contribution >= 4 is 38.6 Å². The topological polar surface area (TPSA) is 38.0 Å². The quantitative estimate of drug-likeness (QED) is 0.667. The predicted octanol–water partition coefficient (Wildman–Crippen LogP) is 3.63. The van der Waals surface area contributed by atoms with Gasteiger partial charge in [-0.1, -0.05) is 0 Å². The number of thiophene rings is 2. The average molecular weight is 317 g/mol.